The van der Waals surface area contributed by atoms with Crippen molar-refractivity contribution in [3.63, 3.8) is 0 Å². The Kier molecular flexibility index (Phi) is 5.80. The smallest absolute Gasteiger partial charge is 0.222 e. The van der Waals surface area contributed by atoms with Gasteiger partial charge in [0.25, 0.3) is 0 Å². The molecule has 0 unspecified atom stereocenters. The predicted octanol–water partition coefficient (Wildman–Crippen LogP) is 1.69. The highest BCUT2D eigenvalue weighted by molar-refractivity contribution is 5.49. The number of aromatic nitrogens is 2. The molecule has 0 spiro atoms. The second-order valence-corrected chi connectivity index (χ2v) is 4.51. The zero-order chi connectivity index (χ0) is 13.5. The van der Waals surface area contributed by atoms with Crippen molar-refractivity contribution < 1.29 is 9.47 Å². The number of nitrogen functional groups attached to an aromatic ring is 1. The van der Waals surface area contributed by atoms with E-state index in [1.165, 1.54) is 6.33 Å². The first-order valence-electron chi connectivity index (χ1n) is 6.12. The van der Waals surface area contributed by atoms with Crippen molar-refractivity contribution >= 4 is 5.82 Å². The Labute approximate surface area is 108 Å². The summed E-state index contributed by atoms with van der Waals surface area (Å²) in [6.07, 6.45) is 1.63. The highest BCUT2D eigenvalue weighted by Crippen LogP contribution is 2.29. The molecular weight excluding hydrogens is 232 g/mol. The van der Waals surface area contributed by atoms with Gasteiger partial charge in [-0.2, -0.15) is 0 Å². The standard InChI is InChI=1S/C12H22N4O2/c1-8(2)10-11(16-13)14-7-15-12(10)18-6-5-17-9(3)4/h7-9H,5-6,13H2,1-4H3,(H,14,15,16). The van der Waals surface area contributed by atoms with Crippen LogP contribution in [0, 0.1) is 0 Å². The van der Waals surface area contributed by atoms with Crippen molar-refractivity contribution in [2.24, 2.45) is 5.84 Å². The summed E-state index contributed by atoms with van der Waals surface area (Å²) in [5.41, 5.74) is 3.44. The third-order valence-electron chi connectivity index (χ3n) is 2.33. The van der Waals surface area contributed by atoms with Crippen LogP contribution in [0.3, 0.4) is 0 Å². The van der Waals surface area contributed by atoms with E-state index in [-0.39, 0.29) is 12.0 Å². The summed E-state index contributed by atoms with van der Waals surface area (Å²) in [6, 6.07) is 0. The van der Waals surface area contributed by atoms with Crippen LogP contribution in [0.25, 0.3) is 0 Å². The van der Waals surface area contributed by atoms with Gasteiger partial charge in [0.05, 0.1) is 18.3 Å². The van der Waals surface area contributed by atoms with Gasteiger partial charge in [0, 0.05) is 0 Å². The van der Waals surface area contributed by atoms with Crippen LogP contribution < -0.4 is 16.0 Å². The minimum absolute atomic E-state index is 0.199. The molecule has 1 aromatic rings. The molecule has 18 heavy (non-hydrogen) atoms. The minimum atomic E-state index is 0.199. The van der Waals surface area contributed by atoms with E-state index in [1.54, 1.807) is 0 Å². The number of hydrazine groups is 1. The summed E-state index contributed by atoms with van der Waals surface area (Å²) in [4.78, 5) is 8.22. The number of nitrogens with one attached hydrogen (secondary N) is 1. The number of anilines is 1. The van der Waals surface area contributed by atoms with E-state index < -0.39 is 0 Å². The van der Waals surface area contributed by atoms with Crippen molar-refractivity contribution in [1.29, 1.82) is 0 Å². The van der Waals surface area contributed by atoms with E-state index in [4.69, 9.17) is 15.3 Å². The van der Waals surface area contributed by atoms with Crippen molar-refractivity contribution in [2.75, 3.05) is 18.6 Å². The summed E-state index contributed by atoms with van der Waals surface area (Å²) in [7, 11) is 0. The fourth-order valence-corrected chi connectivity index (χ4v) is 1.55. The lowest BCUT2D eigenvalue weighted by molar-refractivity contribution is 0.0539. The molecule has 0 atom stereocenters. The zero-order valence-corrected chi connectivity index (χ0v) is 11.4. The molecule has 1 aromatic heterocycles. The third-order valence-corrected chi connectivity index (χ3v) is 2.33. The van der Waals surface area contributed by atoms with Gasteiger partial charge in [-0.05, 0) is 19.8 Å². The maximum atomic E-state index is 5.62. The molecule has 3 N–H and O–H groups in total. The Morgan fingerprint density at radius 3 is 2.50 bits per heavy atom. The number of ether oxygens (including phenoxy) is 2. The highest BCUT2D eigenvalue weighted by Gasteiger charge is 2.15. The molecule has 0 saturated heterocycles. The molecule has 0 aliphatic rings. The average molecular weight is 254 g/mol. The van der Waals surface area contributed by atoms with Crippen molar-refractivity contribution in [1.82, 2.24) is 9.97 Å². The Morgan fingerprint density at radius 1 is 1.22 bits per heavy atom. The van der Waals surface area contributed by atoms with E-state index in [2.05, 4.69) is 15.4 Å². The van der Waals surface area contributed by atoms with Crippen LogP contribution in [0.15, 0.2) is 6.33 Å². The van der Waals surface area contributed by atoms with Crippen LogP contribution in [0.5, 0.6) is 5.88 Å². The fourth-order valence-electron chi connectivity index (χ4n) is 1.55. The van der Waals surface area contributed by atoms with E-state index >= 15 is 0 Å². The molecule has 1 rings (SSSR count). The molecule has 0 saturated carbocycles. The van der Waals surface area contributed by atoms with Gasteiger partial charge >= 0.3 is 0 Å². The normalized spacial score (nSPS) is 11.1. The first kappa shape index (κ1) is 14.7. The average Bonchev–Trinajstić information content (AvgIpc) is 2.33. The summed E-state index contributed by atoms with van der Waals surface area (Å²) >= 11 is 0. The number of rotatable bonds is 7. The van der Waals surface area contributed by atoms with Gasteiger partial charge in [-0.3, -0.25) is 0 Å². The molecule has 102 valence electrons. The zero-order valence-electron chi connectivity index (χ0n) is 11.4. The second kappa shape index (κ2) is 7.13. The molecule has 0 fully saturated rings. The van der Waals surface area contributed by atoms with Crippen molar-refractivity contribution in [3.05, 3.63) is 11.9 Å². The predicted molar refractivity (Wildman–Crippen MR) is 70.5 cm³/mol. The van der Waals surface area contributed by atoms with Crippen LogP contribution in [-0.4, -0.2) is 29.3 Å². The van der Waals surface area contributed by atoms with Gasteiger partial charge in [-0.15, -0.1) is 0 Å². The fraction of sp³-hybridized carbons (Fsp3) is 0.667. The van der Waals surface area contributed by atoms with E-state index in [0.29, 0.717) is 24.9 Å². The molecule has 6 heteroatoms. The number of nitrogens with zero attached hydrogens (tertiary/aromatic N) is 2. The largest absolute Gasteiger partial charge is 0.475 e. The van der Waals surface area contributed by atoms with Gasteiger partial charge in [0.1, 0.15) is 12.9 Å². The van der Waals surface area contributed by atoms with Crippen LogP contribution >= 0.6 is 0 Å². The summed E-state index contributed by atoms with van der Waals surface area (Å²) in [5, 5.41) is 0. The van der Waals surface area contributed by atoms with Crippen LogP contribution in [0.2, 0.25) is 0 Å². The summed E-state index contributed by atoms with van der Waals surface area (Å²) < 4.78 is 11.0. The van der Waals surface area contributed by atoms with Crippen molar-refractivity contribution in [3.8, 4) is 5.88 Å². The molecule has 1 heterocycles. The van der Waals surface area contributed by atoms with E-state index in [0.717, 1.165) is 5.56 Å². The number of nitrogens with two attached hydrogens (primary N) is 1. The molecule has 6 nitrogen and oxygen atoms in total. The van der Waals surface area contributed by atoms with Gasteiger partial charge < -0.3 is 14.9 Å². The maximum absolute atomic E-state index is 5.62. The first-order chi connectivity index (χ1) is 8.56. The molecule has 0 aromatic carbocycles. The number of hydrogen-bond acceptors (Lipinski definition) is 6. The first-order valence-corrected chi connectivity index (χ1v) is 6.12. The molecule has 0 aliphatic heterocycles. The van der Waals surface area contributed by atoms with E-state index in [1.807, 2.05) is 27.7 Å². The topological polar surface area (TPSA) is 82.3 Å². The lowest BCUT2D eigenvalue weighted by Crippen LogP contribution is -2.16. The Hall–Kier alpha value is -1.40. The van der Waals surface area contributed by atoms with Crippen molar-refractivity contribution in [2.45, 2.75) is 39.7 Å². The van der Waals surface area contributed by atoms with Gasteiger partial charge in [0.15, 0.2) is 5.82 Å². The Balaban J connectivity index is 2.69. The van der Waals surface area contributed by atoms with Gasteiger partial charge in [-0.1, -0.05) is 13.8 Å². The SMILES string of the molecule is CC(C)OCCOc1ncnc(NN)c1C(C)C. The molecular formula is C12H22N4O2. The van der Waals surface area contributed by atoms with Crippen LogP contribution in [0.1, 0.15) is 39.2 Å². The summed E-state index contributed by atoms with van der Waals surface area (Å²) in [5.74, 6) is 6.80. The second-order valence-electron chi connectivity index (χ2n) is 4.51. The summed E-state index contributed by atoms with van der Waals surface area (Å²) in [6.45, 7) is 9.04. The van der Waals surface area contributed by atoms with Crippen LogP contribution in [0.4, 0.5) is 5.82 Å². The molecule has 0 aliphatic carbocycles. The molecule has 0 amide bonds. The third kappa shape index (κ3) is 4.12. The molecule has 0 radical (unpaired) electrons. The van der Waals surface area contributed by atoms with Gasteiger partial charge in [-0.25, -0.2) is 15.8 Å². The highest BCUT2D eigenvalue weighted by atomic mass is 16.5. The lowest BCUT2D eigenvalue weighted by atomic mass is 10.1. The van der Waals surface area contributed by atoms with Gasteiger partial charge in [0.2, 0.25) is 5.88 Å². The Morgan fingerprint density at radius 2 is 1.94 bits per heavy atom. The lowest BCUT2D eigenvalue weighted by Gasteiger charge is -2.16. The quantitative estimate of drug-likeness (QED) is 0.438. The van der Waals surface area contributed by atoms with Crippen LogP contribution in [-0.2, 0) is 4.74 Å². The minimum Gasteiger partial charge on any atom is -0.475 e. The monoisotopic (exact) mass is 254 g/mol. The Bertz CT molecular complexity index is 369. The maximum Gasteiger partial charge on any atom is 0.222 e. The molecule has 0 bridgehead atoms. The number of hydrogen-bond donors (Lipinski definition) is 2. The van der Waals surface area contributed by atoms with E-state index in [9.17, 15) is 0 Å².